The summed E-state index contributed by atoms with van der Waals surface area (Å²) in [6, 6.07) is 5.83. The Morgan fingerprint density at radius 2 is 2.12 bits per heavy atom. The van der Waals surface area contributed by atoms with E-state index in [1.807, 2.05) is 28.8 Å². The Bertz CT molecular complexity index is 498. The maximum atomic E-state index is 11.0. The second-order valence-corrected chi connectivity index (χ2v) is 3.94. The highest BCUT2D eigenvalue weighted by molar-refractivity contribution is 5.83. The molecule has 0 aliphatic carbocycles. The predicted molar refractivity (Wildman–Crippen MR) is 63.9 cm³/mol. The van der Waals surface area contributed by atoms with Crippen LogP contribution in [0.5, 0.6) is 0 Å². The molecule has 2 heterocycles. The number of nitrogens with zero attached hydrogens (tertiary/aromatic N) is 2. The third-order valence-electron chi connectivity index (χ3n) is 3.07. The fourth-order valence-electron chi connectivity index (χ4n) is 2.11. The van der Waals surface area contributed by atoms with E-state index in [4.69, 9.17) is 0 Å². The minimum Gasteiger partial charge on any atom is -0.303 e. The van der Waals surface area contributed by atoms with Crippen LogP contribution in [0.3, 0.4) is 0 Å². The van der Waals surface area contributed by atoms with Crippen molar-refractivity contribution >= 4 is 11.8 Å². The Morgan fingerprint density at radius 3 is 2.75 bits per heavy atom. The zero-order valence-corrected chi connectivity index (χ0v) is 9.68. The molecule has 3 nitrogen and oxygen atoms in total. The van der Waals surface area contributed by atoms with E-state index >= 15 is 0 Å². The van der Waals surface area contributed by atoms with Gasteiger partial charge in [0.05, 0.1) is 5.52 Å². The van der Waals surface area contributed by atoms with Crippen LogP contribution in [0.15, 0.2) is 24.4 Å². The number of hydrogen-bond acceptors (Lipinski definition) is 2. The molecule has 0 unspecified atom stereocenters. The molecule has 0 aromatic carbocycles. The number of aldehydes is 1. The van der Waals surface area contributed by atoms with Gasteiger partial charge in [0.15, 0.2) is 6.29 Å². The molecule has 0 amide bonds. The number of carbonyl (C=O) groups is 1. The van der Waals surface area contributed by atoms with Crippen molar-refractivity contribution in [3.05, 3.63) is 35.9 Å². The number of carbonyl (C=O) groups excluding carboxylic acids is 1. The zero-order chi connectivity index (χ0) is 11.5. The van der Waals surface area contributed by atoms with Crippen LogP contribution in [0.25, 0.3) is 5.52 Å². The van der Waals surface area contributed by atoms with Crippen molar-refractivity contribution in [2.24, 2.45) is 0 Å². The highest BCUT2D eigenvalue weighted by atomic mass is 16.1. The van der Waals surface area contributed by atoms with Gasteiger partial charge in [0.25, 0.3) is 0 Å². The zero-order valence-electron chi connectivity index (χ0n) is 9.68. The Labute approximate surface area is 95.1 Å². The van der Waals surface area contributed by atoms with E-state index in [1.165, 1.54) is 0 Å². The summed E-state index contributed by atoms with van der Waals surface area (Å²) < 4.78 is 2.03. The lowest BCUT2D eigenvalue weighted by Gasteiger charge is -2.10. The molecule has 84 valence electrons. The highest BCUT2D eigenvalue weighted by Gasteiger charge is 2.16. The first-order chi connectivity index (χ1) is 7.81. The first-order valence-electron chi connectivity index (χ1n) is 5.74. The Kier molecular flexibility index (Phi) is 3.04. The van der Waals surface area contributed by atoms with Crippen molar-refractivity contribution in [1.29, 1.82) is 0 Å². The Hall–Kier alpha value is -1.64. The van der Waals surface area contributed by atoms with Gasteiger partial charge in [-0.1, -0.05) is 19.9 Å². The molecule has 0 fully saturated rings. The van der Waals surface area contributed by atoms with Gasteiger partial charge < -0.3 is 4.40 Å². The molecule has 0 saturated carbocycles. The van der Waals surface area contributed by atoms with Crippen LogP contribution in [0, 0.1) is 0 Å². The van der Waals surface area contributed by atoms with Gasteiger partial charge in [0, 0.05) is 12.1 Å². The van der Waals surface area contributed by atoms with Crippen LogP contribution in [0.2, 0.25) is 0 Å². The van der Waals surface area contributed by atoms with Crippen LogP contribution >= 0.6 is 0 Å². The van der Waals surface area contributed by atoms with Gasteiger partial charge in [0.2, 0.25) is 0 Å². The average Bonchev–Trinajstić information content (AvgIpc) is 2.70. The lowest BCUT2D eigenvalue weighted by molar-refractivity contribution is 0.112. The lowest BCUT2D eigenvalue weighted by atomic mass is 10.0. The molecule has 0 saturated heterocycles. The minimum absolute atomic E-state index is 0.420. The fourth-order valence-corrected chi connectivity index (χ4v) is 2.11. The third-order valence-corrected chi connectivity index (χ3v) is 3.07. The molecular weight excluding hydrogens is 200 g/mol. The Morgan fingerprint density at radius 1 is 1.38 bits per heavy atom. The second kappa shape index (κ2) is 4.47. The van der Waals surface area contributed by atoms with Gasteiger partial charge in [-0.2, -0.15) is 0 Å². The van der Waals surface area contributed by atoms with E-state index in [1.54, 1.807) is 0 Å². The summed E-state index contributed by atoms with van der Waals surface area (Å²) in [5.41, 5.74) is 1.45. The van der Waals surface area contributed by atoms with E-state index in [9.17, 15) is 4.79 Å². The number of imidazole rings is 1. The molecule has 0 radical (unpaired) electrons. The predicted octanol–water partition coefficient (Wildman–Crippen LogP) is 3.05. The molecule has 3 heteroatoms. The van der Waals surface area contributed by atoms with Gasteiger partial charge in [-0.3, -0.25) is 4.79 Å². The average molecular weight is 216 g/mol. The van der Waals surface area contributed by atoms with Crippen LogP contribution in [0.4, 0.5) is 0 Å². The van der Waals surface area contributed by atoms with Crippen molar-refractivity contribution in [2.75, 3.05) is 0 Å². The fraction of sp³-hybridized carbons (Fsp3) is 0.385. The third kappa shape index (κ3) is 1.62. The molecule has 0 N–H and O–H groups in total. The summed E-state index contributed by atoms with van der Waals surface area (Å²) in [6.45, 7) is 4.30. The molecule has 2 aromatic rings. The van der Waals surface area contributed by atoms with Gasteiger partial charge in [-0.15, -0.1) is 0 Å². The summed E-state index contributed by atoms with van der Waals surface area (Å²) in [5, 5.41) is 0. The molecule has 0 aliphatic rings. The van der Waals surface area contributed by atoms with Crippen molar-refractivity contribution in [1.82, 2.24) is 9.38 Å². The van der Waals surface area contributed by atoms with E-state index in [0.717, 1.165) is 30.5 Å². The monoisotopic (exact) mass is 216 g/mol. The first-order valence-corrected chi connectivity index (χ1v) is 5.74. The Balaban J connectivity index is 2.65. The molecule has 2 rings (SSSR count). The molecule has 0 bridgehead atoms. The van der Waals surface area contributed by atoms with Gasteiger partial charge in [-0.05, 0) is 25.0 Å². The summed E-state index contributed by atoms with van der Waals surface area (Å²) in [5.74, 6) is 1.42. The first kappa shape index (κ1) is 10.9. The number of aromatic nitrogens is 2. The SMILES string of the molecule is CCC(CC)c1nc(C=O)c2ccccn12. The lowest BCUT2D eigenvalue weighted by Crippen LogP contribution is -2.01. The molecule has 0 atom stereocenters. The van der Waals surface area contributed by atoms with Gasteiger partial charge in [-0.25, -0.2) is 4.98 Å². The van der Waals surface area contributed by atoms with E-state index in [2.05, 4.69) is 18.8 Å². The van der Waals surface area contributed by atoms with Crippen LogP contribution in [0.1, 0.15) is 48.9 Å². The molecule has 0 aliphatic heterocycles. The van der Waals surface area contributed by atoms with E-state index in [-0.39, 0.29) is 0 Å². The largest absolute Gasteiger partial charge is 0.303 e. The summed E-state index contributed by atoms with van der Waals surface area (Å²) >= 11 is 0. The number of pyridine rings is 1. The van der Waals surface area contributed by atoms with Crippen molar-refractivity contribution in [3.8, 4) is 0 Å². The quantitative estimate of drug-likeness (QED) is 0.736. The second-order valence-electron chi connectivity index (χ2n) is 3.94. The number of fused-ring (bicyclic) bond motifs is 1. The maximum absolute atomic E-state index is 11.0. The normalized spacial score (nSPS) is 11.2. The van der Waals surface area contributed by atoms with Gasteiger partial charge in [0.1, 0.15) is 11.5 Å². The van der Waals surface area contributed by atoms with E-state index < -0.39 is 0 Å². The maximum Gasteiger partial charge on any atom is 0.170 e. The van der Waals surface area contributed by atoms with Crippen LogP contribution < -0.4 is 0 Å². The smallest absolute Gasteiger partial charge is 0.170 e. The number of rotatable bonds is 4. The summed E-state index contributed by atoms with van der Waals surface area (Å²) in [6.07, 6.45) is 4.90. The van der Waals surface area contributed by atoms with Crippen molar-refractivity contribution < 1.29 is 4.79 Å². The number of hydrogen-bond donors (Lipinski definition) is 0. The van der Waals surface area contributed by atoms with Crippen molar-refractivity contribution in [3.63, 3.8) is 0 Å². The summed E-state index contributed by atoms with van der Waals surface area (Å²) in [4.78, 5) is 15.4. The topological polar surface area (TPSA) is 34.4 Å². The van der Waals surface area contributed by atoms with Crippen molar-refractivity contribution in [2.45, 2.75) is 32.6 Å². The van der Waals surface area contributed by atoms with Crippen LogP contribution in [-0.2, 0) is 0 Å². The molecule has 0 spiro atoms. The molecule has 2 aromatic heterocycles. The summed E-state index contributed by atoms with van der Waals surface area (Å²) in [7, 11) is 0. The molecular formula is C13H16N2O. The highest BCUT2D eigenvalue weighted by Crippen LogP contribution is 2.24. The van der Waals surface area contributed by atoms with Crippen LogP contribution in [-0.4, -0.2) is 15.7 Å². The minimum atomic E-state index is 0.420. The molecule has 16 heavy (non-hydrogen) atoms. The standard InChI is InChI=1S/C13H16N2O/c1-3-10(4-2)13-14-11(9-16)12-7-5-6-8-15(12)13/h5-10H,3-4H2,1-2H3. The van der Waals surface area contributed by atoms with Gasteiger partial charge >= 0.3 is 0 Å². The van der Waals surface area contributed by atoms with E-state index in [0.29, 0.717) is 11.6 Å².